The molecule has 0 saturated carbocycles. The van der Waals surface area contributed by atoms with Crippen LogP contribution in [0, 0.1) is 12.8 Å². The van der Waals surface area contributed by atoms with E-state index < -0.39 is 6.04 Å². The van der Waals surface area contributed by atoms with Crippen molar-refractivity contribution in [3.63, 3.8) is 0 Å². The lowest BCUT2D eigenvalue weighted by atomic mass is 9.99. The van der Waals surface area contributed by atoms with E-state index in [1.54, 1.807) is 47.8 Å². The first kappa shape index (κ1) is 27.3. The minimum Gasteiger partial charge on any atom is -0.497 e. The normalized spacial score (nSPS) is 12.2. The highest BCUT2D eigenvalue weighted by Gasteiger charge is 2.33. The van der Waals surface area contributed by atoms with Gasteiger partial charge < -0.3 is 15.4 Å². The van der Waals surface area contributed by atoms with Crippen LogP contribution in [-0.4, -0.2) is 50.2 Å². The molecule has 1 atom stereocenters. The van der Waals surface area contributed by atoms with Crippen LogP contribution in [0.5, 0.6) is 5.75 Å². The van der Waals surface area contributed by atoms with Gasteiger partial charge in [-0.05, 0) is 55.6 Å². The summed E-state index contributed by atoms with van der Waals surface area (Å²) in [4.78, 5) is 34.4. The van der Waals surface area contributed by atoms with E-state index in [1.165, 1.54) is 4.52 Å². The molecule has 9 nitrogen and oxygen atoms in total. The summed E-state index contributed by atoms with van der Waals surface area (Å²) in [5.41, 5.74) is 7.70. The molecule has 2 N–H and O–H groups in total. The Morgan fingerprint density at radius 3 is 2.42 bits per heavy atom. The molecule has 2 aromatic carbocycles. The van der Waals surface area contributed by atoms with Gasteiger partial charge in [-0.3, -0.25) is 9.36 Å². The van der Waals surface area contributed by atoms with Crippen LogP contribution in [0.15, 0.2) is 59.4 Å². The van der Waals surface area contributed by atoms with E-state index in [4.69, 9.17) is 27.1 Å². The monoisotopic (exact) mass is 536 g/mol. The fraction of sp³-hybridized carbons (Fsp3) is 0.357. The van der Waals surface area contributed by atoms with Crippen LogP contribution in [0.3, 0.4) is 0 Å². The molecule has 4 rings (SSSR count). The molecule has 4 aromatic rings. The molecule has 10 heteroatoms. The van der Waals surface area contributed by atoms with Gasteiger partial charge in [-0.1, -0.05) is 55.8 Å². The molecule has 0 aliphatic carbocycles. The number of ether oxygens (including phenoxy) is 1. The number of halogens is 1. The molecular weight excluding hydrogens is 504 g/mol. The third-order valence-corrected chi connectivity index (χ3v) is 6.93. The first-order valence-corrected chi connectivity index (χ1v) is 13.0. The molecule has 0 saturated heterocycles. The second kappa shape index (κ2) is 11.8. The van der Waals surface area contributed by atoms with Crippen molar-refractivity contribution in [3.05, 3.63) is 92.7 Å². The van der Waals surface area contributed by atoms with Gasteiger partial charge in [-0.25, -0.2) is 9.78 Å². The molecule has 0 fully saturated rings. The highest BCUT2D eigenvalue weighted by Crippen LogP contribution is 2.31. The third kappa shape index (κ3) is 5.44. The number of carbonyl (C=O) groups excluding carboxylic acids is 1. The van der Waals surface area contributed by atoms with Crippen molar-refractivity contribution in [3.8, 4) is 5.75 Å². The lowest BCUT2D eigenvalue weighted by Gasteiger charge is -2.35. The number of amides is 1. The third-order valence-electron chi connectivity index (χ3n) is 6.49. The first-order chi connectivity index (χ1) is 18.3. The van der Waals surface area contributed by atoms with E-state index >= 15 is 0 Å². The number of aromatic nitrogens is 4. The maximum absolute atomic E-state index is 13.9. The van der Waals surface area contributed by atoms with Gasteiger partial charge in [0.1, 0.15) is 16.6 Å². The quantitative estimate of drug-likeness (QED) is 0.327. The minimum absolute atomic E-state index is 0.0888. The van der Waals surface area contributed by atoms with Crippen LogP contribution in [0.4, 0.5) is 0 Å². The van der Waals surface area contributed by atoms with Gasteiger partial charge in [0.15, 0.2) is 5.65 Å². The molecule has 1 unspecified atom stereocenters. The molecule has 0 radical (unpaired) electrons. The van der Waals surface area contributed by atoms with Crippen molar-refractivity contribution in [2.24, 2.45) is 11.7 Å². The highest BCUT2D eigenvalue weighted by atomic mass is 35.5. The maximum Gasteiger partial charge on any atom is 0.352 e. The van der Waals surface area contributed by atoms with Crippen LogP contribution < -0.4 is 16.2 Å². The van der Waals surface area contributed by atoms with E-state index in [-0.39, 0.29) is 29.7 Å². The van der Waals surface area contributed by atoms with Gasteiger partial charge >= 0.3 is 5.69 Å². The van der Waals surface area contributed by atoms with Crippen LogP contribution in [-0.2, 0) is 6.54 Å². The number of aryl methyl sites for hydroxylation is 1. The summed E-state index contributed by atoms with van der Waals surface area (Å²) < 4.78 is 8.08. The van der Waals surface area contributed by atoms with Crippen molar-refractivity contribution in [2.45, 2.75) is 39.8 Å². The second-order valence-corrected chi connectivity index (χ2v) is 9.90. The fourth-order valence-corrected chi connectivity index (χ4v) is 4.73. The van der Waals surface area contributed by atoms with Gasteiger partial charge in [-0.2, -0.15) is 9.61 Å². The summed E-state index contributed by atoms with van der Waals surface area (Å²) in [5, 5.41) is 4.65. The zero-order valence-electron chi connectivity index (χ0n) is 22.1. The lowest BCUT2D eigenvalue weighted by Crippen LogP contribution is -2.43. The first-order valence-electron chi connectivity index (χ1n) is 12.6. The smallest absolute Gasteiger partial charge is 0.352 e. The second-order valence-electron chi connectivity index (χ2n) is 9.52. The van der Waals surface area contributed by atoms with Gasteiger partial charge in [0.25, 0.3) is 5.91 Å². The summed E-state index contributed by atoms with van der Waals surface area (Å²) in [6.45, 7) is 6.82. The van der Waals surface area contributed by atoms with Gasteiger partial charge in [0.2, 0.25) is 0 Å². The van der Waals surface area contributed by atoms with E-state index in [9.17, 15) is 9.59 Å². The zero-order chi connectivity index (χ0) is 27.4. The topological polar surface area (TPSA) is 108 Å². The Hall–Kier alpha value is -3.69. The van der Waals surface area contributed by atoms with Crippen LogP contribution in [0.25, 0.3) is 5.65 Å². The summed E-state index contributed by atoms with van der Waals surface area (Å²) in [6, 6.07) is 16.1. The van der Waals surface area contributed by atoms with E-state index in [0.29, 0.717) is 47.4 Å². The SMILES string of the molecule is COc1ccc(C(=O)N(CCCN)C(c2nc3c(Cl)c(C)nn3c(=O)n2Cc2ccccc2)C(C)C)cc1. The molecular formula is C28H33ClN6O3. The number of methoxy groups -OCH3 is 1. The van der Waals surface area contributed by atoms with Crippen LogP contribution in [0.2, 0.25) is 5.02 Å². The largest absolute Gasteiger partial charge is 0.497 e. The molecule has 200 valence electrons. The highest BCUT2D eigenvalue weighted by molar-refractivity contribution is 6.34. The van der Waals surface area contributed by atoms with Crippen molar-refractivity contribution in [1.29, 1.82) is 0 Å². The number of benzene rings is 2. The summed E-state index contributed by atoms with van der Waals surface area (Å²) >= 11 is 6.53. The lowest BCUT2D eigenvalue weighted by molar-refractivity contribution is 0.0601. The molecule has 38 heavy (non-hydrogen) atoms. The summed E-state index contributed by atoms with van der Waals surface area (Å²) in [7, 11) is 1.58. The average Bonchev–Trinajstić information content (AvgIpc) is 3.21. The fourth-order valence-electron chi connectivity index (χ4n) is 4.57. The number of fused-ring (bicyclic) bond motifs is 1. The summed E-state index contributed by atoms with van der Waals surface area (Å²) in [6.07, 6.45) is 0.586. The zero-order valence-corrected chi connectivity index (χ0v) is 22.9. The number of hydrogen-bond donors (Lipinski definition) is 1. The van der Waals surface area contributed by atoms with E-state index in [0.717, 1.165) is 5.56 Å². The Kier molecular flexibility index (Phi) is 8.48. The average molecular weight is 537 g/mol. The molecule has 2 heterocycles. The number of hydrogen-bond acceptors (Lipinski definition) is 6. The maximum atomic E-state index is 13.9. The molecule has 2 aromatic heterocycles. The van der Waals surface area contributed by atoms with E-state index in [1.807, 2.05) is 44.2 Å². The number of nitrogens with two attached hydrogens (primary N) is 1. The molecule has 0 aliphatic rings. The molecule has 0 aliphatic heterocycles. The molecule has 0 spiro atoms. The predicted molar refractivity (Wildman–Crippen MR) is 148 cm³/mol. The van der Waals surface area contributed by atoms with Crippen LogP contribution in [0.1, 0.15) is 53.7 Å². The Morgan fingerprint density at radius 2 is 1.82 bits per heavy atom. The Bertz CT molecular complexity index is 1460. The minimum atomic E-state index is -0.538. The van der Waals surface area contributed by atoms with Crippen molar-refractivity contribution < 1.29 is 9.53 Å². The number of carbonyl (C=O) groups is 1. The molecule has 1 amide bonds. The Labute approximate surface area is 226 Å². The Balaban J connectivity index is 1.92. The standard InChI is InChI=1S/C28H33ClN6O3/c1-18(2)24(33(16-8-15-30)27(36)21-11-13-22(38-4)14-12-21)26-31-25-23(29)19(3)32-35(25)28(37)34(26)17-20-9-6-5-7-10-20/h5-7,9-14,18,24H,8,15-17,30H2,1-4H3. The number of nitrogens with zero attached hydrogens (tertiary/aromatic N) is 5. The van der Waals surface area contributed by atoms with E-state index in [2.05, 4.69) is 5.10 Å². The van der Waals surface area contributed by atoms with Gasteiger partial charge in [-0.15, -0.1) is 0 Å². The predicted octanol–water partition coefficient (Wildman–Crippen LogP) is 4.10. The van der Waals surface area contributed by atoms with Gasteiger partial charge in [0, 0.05) is 12.1 Å². The van der Waals surface area contributed by atoms with Crippen molar-refractivity contribution in [2.75, 3.05) is 20.2 Å². The van der Waals surface area contributed by atoms with Crippen molar-refractivity contribution in [1.82, 2.24) is 24.1 Å². The number of rotatable bonds is 10. The van der Waals surface area contributed by atoms with Crippen LogP contribution >= 0.6 is 11.6 Å². The van der Waals surface area contributed by atoms with Crippen molar-refractivity contribution >= 4 is 23.2 Å². The Morgan fingerprint density at radius 1 is 1.13 bits per heavy atom. The summed E-state index contributed by atoms with van der Waals surface area (Å²) in [5.74, 6) is 0.831. The van der Waals surface area contributed by atoms with Gasteiger partial charge in [0.05, 0.1) is 25.4 Å². The molecule has 0 bridgehead atoms.